The minimum atomic E-state index is -3.67. The number of benzene rings is 2. The van der Waals surface area contributed by atoms with Crippen LogP contribution in [0.2, 0.25) is 0 Å². The second kappa shape index (κ2) is 10.4. The van der Waals surface area contributed by atoms with Crippen molar-refractivity contribution in [3.63, 3.8) is 0 Å². The van der Waals surface area contributed by atoms with Gasteiger partial charge in [-0.1, -0.05) is 60.7 Å². The van der Waals surface area contributed by atoms with Crippen molar-refractivity contribution in [2.45, 2.75) is 18.9 Å². The Morgan fingerprint density at radius 3 is 1.46 bits per heavy atom. The molecule has 2 aromatic carbocycles. The molecule has 0 bridgehead atoms. The highest BCUT2D eigenvalue weighted by molar-refractivity contribution is 7.85. The highest BCUT2D eigenvalue weighted by Gasteiger charge is 2.26. The molecule has 2 fully saturated rings. The van der Waals surface area contributed by atoms with E-state index < -0.39 is 10.1 Å². The van der Waals surface area contributed by atoms with Gasteiger partial charge in [0.25, 0.3) is 10.1 Å². The molecule has 0 amide bonds. The third kappa shape index (κ3) is 7.66. The smallest absolute Gasteiger partial charge is 0.261 e. The molecule has 2 N–H and O–H groups in total. The zero-order valence-electron chi connectivity index (χ0n) is 15.2. The Balaban J connectivity index is 0.000000224. The maximum atomic E-state index is 9.19. The van der Waals surface area contributed by atoms with E-state index in [0.29, 0.717) is 12.3 Å². The van der Waals surface area contributed by atoms with E-state index in [9.17, 15) is 8.42 Å². The average molecular weight is 377 g/mol. The Labute approximate surface area is 156 Å². The van der Waals surface area contributed by atoms with Crippen LogP contribution in [0.4, 0.5) is 0 Å². The molecule has 5 nitrogen and oxygen atoms in total. The van der Waals surface area contributed by atoms with E-state index >= 15 is 0 Å². The third-order valence-electron chi connectivity index (χ3n) is 4.19. The first-order valence-corrected chi connectivity index (χ1v) is 10.8. The van der Waals surface area contributed by atoms with E-state index in [0.717, 1.165) is 0 Å². The van der Waals surface area contributed by atoms with Crippen molar-refractivity contribution >= 4 is 10.1 Å². The predicted octanol–water partition coefficient (Wildman–Crippen LogP) is 2.97. The van der Waals surface area contributed by atoms with Gasteiger partial charge in [-0.2, -0.15) is 8.42 Å². The van der Waals surface area contributed by atoms with Crippen LogP contribution in [0.5, 0.6) is 0 Å². The summed E-state index contributed by atoms with van der Waals surface area (Å²) < 4.78 is 25.9. The fraction of sp³-hybridized carbons (Fsp3) is 0.400. The second-order valence-electron chi connectivity index (χ2n) is 6.45. The summed E-state index contributed by atoms with van der Waals surface area (Å²) in [5, 5.41) is 3.11. The Kier molecular flexibility index (Phi) is 8.25. The highest BCUT2D eigenvalue weighted by Crippen LogP contribution is 2.31. The van der Waals surface area contributed by atoms with E-state index in [4.69, 9.17) is 4.55 Å². The fourth-order valence-corrected chi connectivity index (χ4v) is 2.66. The number of hydrogen-bond acceptors (Lipinski definition) is 4. The third-order valence-corrected chi connectivity index (χ3v) is 4.19. The van der Waals surface area contributed by atoms with Gasteiger partial charge >= 0.3 is 0 Å². The van der Waals surface area contributed by atoms with Gasteiger partial charge in [0.05, 0.1) is 12.3 Å². The largest absolute Gasteiger partial charge is 0.317 e. The van der Waals surface area contributed by atoms with E-state index in [1.54, 1.807) is 0 Å². The van der Waals surface area contributed by atoms with E-state index in [1.807, 2.05) is 0 Å². The van der Waals surface area contributed by atoms with Crippen LogP contribution in [-0.4, -0.2) is 50.3 Å². The monoisotopic (exact) mass is 376 g/mol. The molecule has 2 saturated heterocycles. The van der Waals surface area contributed by atoms with Gasteiger partial charge in [-0.3, -0.25) is 9.45 Å². The molecule has 6 heteroatoms. The molecule has 0 aromatic heterocycles. The maximum absolute atomic E-state index is 9.19. The number of rotatable bonds is 3. The summed E-state index contributed by atoms with van der Waals surface area (Å²) in [6.07, 6.45) is 3.43. The molecule has 0 radical (unpaired) electrons. The Hall–Kier alpha value is -1.73. The highest BCUT2D eigenvalue weighted by atomic mass is 32.2. The molecule has 0 saturated carbocycles. The van der Waals surface area contributed by atoms with Crippen LogP contribution in [-0.2, 0) is 10.1 Å². The quantitative estimate of drug-likeness (QED) is 0.806. The van der Waals surface area contributed by atoms with Gasteiger partial charge in [-0.15, -0.1) is 0 Å². The molecule has 2 aliphatic heterocycles. The van der Waals surface area contributed by atoms with Crippen molar-refractivity contribution in [3.8, 4) is 0 Å². The van der Waals surface area contributed by atoms with Crippen molar-refractivity contribution in [2.24, 2.45) is 0 Å². The minimum Gasteiger partial charge on any atom is -0.317 e. The van der Waals surface area contributed by atoms with Gasteiger partial charge in [0, 0.05) is 13.1 Å². The second-order valence-corrected chi connectivity index (χ2v) is 7.92. The van der Waals surface area contributed by atoms with Crippen LogP contribution in [0.25, 0.3) is 0 Å². The topological polar surface area (TPSA) is 69.6 Å². The summed E-state index contributed by atoms with van der Waals surface area (Å²) in [5.74, 6) is 0. The molecule has 4 rings (SSSR count). The SMILES string of the molecule is C1CNC1.CS(=O)(=O)O.c1ccc(C(c2ccccc2)N2CCC2)cc1. The van der Waals surface area contributed by atoms with Gasteiger partial charge in [0.2, 0.25) is 0 Å². The molecule has 0 unspecified atom stereocenters. The van der Waals surface area contributed by atoms with Crippen LogP contribution in [0.3, 0.4) is 0 Å². The molecular weight excluding hydrogens is 348 g/mol. The standard InChI is InChI=1S/C16H17N.C3H7N.CH4O3S/c1-3-8-14(9-4-1)16(17-12-7-13-17)15-10-5-2-6-11-15;1-2-4-3-1;1-5(2,3)4/h1-6,8-11,16H,7,12-13H2;4H,1-3H2;1H3,(H,2,3,4). The predicted molar refractivity (Wildman–Crippen MR) is 106 cm³/mol. The van der Waals surface area contributed by atoms with E-state index in [2.05, 4.69) is 70.9 Å². The summed E-state index contributed by atoms with van der Waals surface area (Å²) in [6.45, 7) is 4.93. The normalized spacial score (nSPS) is 16.3. The lowest BCUT2D eigenvalue weighted by atomic mass is 9.95. The molecule has 0 aliphatic carbocycles. The molecule has 2 aliphatic rings. The first-order valence-electron chi connectivity index (χ1n) is 8.92. The number of nitrogens with zero attached hydrogens (tertiary/aromatic N) is 1. The van der Waals surface area contributed by atoms with Crippen LogP contribution in [0.1, 0.15) is 30.0 Å². The maximum Gasteiger partial charge on any atom is 0.261 e. The van der Waals surface area contributed by atoms with Crippen LogP contribution in [0.15, 0.2) is 60.7 Å². The number of likely N-dealkylation sites (tertiary alicyclic amines) is 1. The van der Waals surface area contributed by atoms with Crippen molar-refractivity contribution in [1.29, 1.82) is 0 Å². The molecule has 0 atom stereocenters. The molecular formula is C20H28N2O3S. The van der Waals surface area contributed by atoms with Crippen molar-refractivity contribution in [2.75, 3.05) is 32.4 Å². The molecule has 0 spiro atoms. The lowest BCUT2D eigenvalue weighted by Gasteiger charge is -2.39. The molecule has 26 heavy (non-hydrogen) atoms. The first-order chi connectivity index (χ1) is 12.4. The summed E-state index contributed by atoms with van der Waals surface area (Å²) >= 11 is 0. The zero-order chi connectivity index (χ0) is 18.8. The molecule has 2 aromatic rings. The minimum absolute atomic E-state index is 0.436. The summed E-state index contributed by atoms with van der Waals surface area (Å²) in [5.41, 5.74) is 2.80. The number of hydrogen-bond donors (Lipinski definition) is 2. The van der Waals surface area contributed by atoms with Crippen LogP contribution in [0, 0.1) is 0 Å². The first kappa shape index (κ1) is 20.6. The molecule has 142 valence electrons. The Morgan fingerprint density at radius 1 is 0.885 bits per heavy atom. The Bertz CT molecular complexity index is 677. The van der Waals surface area contributed by atoms with Crippen molar-refractivity contribution in [1.82, 2.24) is 10.2 Å². The van der Waals surface area contributed by atoms with Crippen LogP contribution < -0.4 is 5.32 Å². The summed E-state index contributed by atoms with van der Waals surface area (Å²) in [7, 11) is -3.67. The lowest BCUT2D eigenvalue weighted by Crippen LogP contribution is -2.40. The zero-order valence-corrected chi connectivity index (χ0v) is 16.0. The van der Waals surface area contributed by atoms with E-state index in [-0.39, 0.29) is 0 Å². The number of nitrogens with one attached hydrogen (secondary N) is 1. The average Bonchev–Trinajstić information content (AvgIpc) is 2.49. The molecule has 2 heterocycles. The van der Waals surface area contributed by atoms with E-state index in [1.165, 1.54) is 50.1 Å². The summed E-state index contributed by atoms with van der Waals surface area (Å²) in [4.78, 5) is 2.55. The van der Waals surface area contributed by atoms with Crippen LogP contribution >= 0.6 is 0 Å². The van der Waals surface area contributed by atoms with Crippen molar-refractivity contribution in [3.05, 3.63) is 71.8 Å². The lowest BCUT2D eigenvalue weighted by molar-refractivity contribution is 0.140. The van der Waals surface area contributed by atoms with Gasteiger partial charge in [-0.25, -0.2) is 0 Å². The fourth-order valence-electron chi connectivity index (χ4n) is 2.66. The van der Waals surface area contributed by atoms with Crippen molar-refractivity contribution < 1.29 is 13.0 Å². The Morgan fingerprint density at radius 2 is 1.23 bits per heavy atom. The van der Waals surface area contributed by atoms with Gasteiger partial charge in [-0.05, 0) is 37.1 Å². The summed E-state index contributed by atoms with van der Waals surface area (Å²) in [6, 6.07) is 22.1. The van der Waals surface area contributed by atoms with Gasteiger partial charge in [0.1, 0.15) is 0 Å². The van der Waals surface area contributed by atoms with Gasteiger partial charge in [0.15, 0.2) is 0 Å². The van der Waals surface area contributed by atoms with Gasteiger partial charge < -0.3 is 5.32 Å².